The van der Waals surface area contributed by atoms with E-state index in [9.17, 15) is 32.0 Å². The van der Waals surface area contributed by atoms with Gasteiger partial charge in [-0.3, -0.25) is 19.3 Å². The molecule has 12 heteroatoms. The Morgan fingerprint density at radius 3 is 2.44 bits per heavy atom. The monoisotopic (exact) mass is 578 g/mol. The van der Waals surface area contributed by atoms with Gasteiger partial charge in [-0.2, -0.15) is 0 Å². The quantitative estimate of drug-likeness (QED) is 0.414. The Morgan fingerprint density at radius 2 is 1.78 bits per heavy atom. The maximum Gasteiger partial charge on any atom is 0.325 e. The molecule has 3 aliphatic rings. The van der Waals surface area contributed by atoms with Crippen LogP contribution in [-0.4, -0.2) is 59.4 Å². The van der Waals surface area contributed by atoms with E-state index in [-0.39, 0.29) is 34.5 Å². The van der Waals surface area contributed by atoms with E-state index in [1.807, 2.05) is 6.92 Å². The maximum atomic E-state index is 13.8. The van der Waals surface area contributed by atoms with Crippen molar-refractivity contribution < 1.29 is 27.2 Å². The summed E-state index contributed by atoms with van der Waals surface area (Å²) in [6.45, 7) is 1.53. The molecule has 0 radical (unpaired) electrons. The summed E-state index contributed by atoms with van der Waals surface area (Å²) in [7, 11) is -3.98. The number of aromatic nitrogens is 1. The van der Waals surface area contributed by atoms with E-state index in [2.05, 4.69) is 10.3 Å². The SMILES string of the molecule is CC(C1CC1)N(Cc1ccc(F)cc1)C(=O)CN1C(=O)NC2(CS(=O)(=O)c3cc(-c4ccc(=O)[nH]c4)ccc32)C1=O. The number of hydrogen-bond donors (Lipinski definition) is 2. The molecule has 41 heavy (non-hydrogen) atoms. The molecule has 1 saturated carbocycles. The molecule has 3 heterocycles. The number of fused-ring (bicyclic) bond motifs is 2. The van der Waals surface area contributed by atoms with Gasteiger partial charge >= 0.3 is 6.03 Å². The number of amides is 4. The van der Waals surface area contributed by atoms with Crippen molar-refractivity contribution in [3.63, 3.8) is 0 Å². The smallest absolute Gasteiger partial charge is 0.325 e. The van der Waals surface area contributed by atoms with Crippen molar-refractivity contribution in [2.75, 3.05) is 12.3 Å². The number of nitrogens with one attached hydrogen (secondary N) is 2. The van der Waals surface area contributed by atoms with Gasteiger partial charge in [0, 0.05) is 30.4 Å². The zero-order valence-corrected chi connectivity index (χ0v) is 22.9. The van der Waals surface area contributed by atoms with Crippen LogP contribution in [0.25, 0.3) is 11.1 Å². The van der Waals surface area contributed by atoms with E-state index in [0.717, 1.165) is 17.7 Å². The number of hydrogen-bond acceptors (Lipinski definition) is 6. The maximum absolute atomic E-state index is 13.8. The number of imide groups is 1. The fraction of sp³-hybridized carbons (Fsp3) is 0.310. The molecule has 2 aromatic carbocycles. The molecule has 2 fully saturated rings. The first kappa shape index (κ1) is 26.9. The zero-order chi connectivity index (χ0) is 29.1. The molecule has 1 aromatic heterocycles. The van der Waals surface area contributed by atoms with Crippen LogP contribution < -0.4 is 10.9 Å². The Balaban J connectivity index is 1.28. The molecule has 2 atom stereocenters. The van der Waals surface area contributed by atoms with Crippen molar-refractivity contribution in [1.82, 2.24) is 20.1 Å². The lowest BCUT2D eigenvalue weighted by Crippen LogP contribution is -2.48. The number of rotatable bonds is 7. The van der Waals surface area contributed by atoms with Gasteiger partial charge in [-0.25, -0.2) is 17.6 Å². The van der Waals surface area contributed by atoms with Gasteiger partial charge in [0.1, 0.15) is 12.4 Å². The first-order valence-corrected chi connectivity index (χ1v) is 14.9. The second kappa shape index (κ2) is 9.65. The van der Waals surface area contributed by atoms with Gasteiger partial charge in [0.25, 0.3) is 5.91 Å². The fourth-order valence-electron chi connectivity index (χ4n) is 5.70. The summed E-state index contributed by atoms with van der Waals surface area (Å²) in [6.07, 6.45) is 3.37. The highest BCUT2D eigenvalue weighted by Gasteiger charge is 2.60. The van der Waals surface area contributed by atoms with Crippen molar-refractivity contribution in [2.24, 2.45) is 5.92 Å². The molecule has 1 spiro atoms. The number of urea groups is 1. The summed E-state index contributed by atoms with van der Waals surface area (Å²) in [5.74, 6) is -2.06. The van der Waals surface area contributed by atoms with Crippen molar-refractivity contribution in [3.8, 4) is 11.1 Å². The molecule has 10 nitrogen and oxygen atoms in total. The number of benzene rings is 2. The standard InChI is InChI=1S/C29H27FN4O6S/c1-17(19-4-5-19)33(14-18-2-8-22(30)9-3-18)26(36)15-34-27(37)29(32-28(34)38)16-41(39,40)24-12-20(6-10-23(24)29)21-7-11-25(35)31-13-21/h2-3,6-13,17,19H,4-5,14-16H2,1H3,(H,31,35)(H,32,38). The Morgan fingerprint density at radius 1 is 1.07 bits per heavy atom. The minimum Gasteiger partial charge on any atom is -0.334 e. The van der Waals surface area contributed by atoms with Crippen LogP contribution >= 0.6 is 0 Å². The number of carbonyl (C=O) groups excluding carboxylic acids is 3. The van der Waals surface area contributed by atoms with Gasteiger partial charge in [0.05, 0.1) is 10.6 Å². The highest BCUT2D eigenvalue weighted by molar-refractivity contribution is 7.92. The second-order valence-corrected chi connectivity index (χ2v) is 12.8. The van der Waals surface area contributed by atoms with Crippen LogP contribution in [0.5, 0.6) is 0 Å². The lowest BCUT2D eigenvalue weighted by Gasteiger charge is -2.31. The minimum absolute atomic E-state index is 0.0941. The van der Waals surface area contributed by atoms with Gasteiger partial charge in [0.2, 0.25) is 11.5 Å². The third-order valence-electron chi connectivity index (χ3n) is 8.15. The number of H-pyrrole nitrogens is 1. The average molecular weight is 579 g/mol. The summed E-state index contributed by atoms with van der Waals surface area (Å²) in [4.78, 5) is 56.7. The first-order chi connectivity index (χ1) is 19.5. The van der Waals surface area contributed by atoms with Gasteiger partial charge in [0.15, 0.2) is 15.4 Å². The molecular formula is C29H27FN4O6S. The Bertz CT molecular complexity index is 1730. The first-order valence-electron chi connectivity index (χ1n) is 13.2. The minimum atomic E-state index is -3.98. The lowest BCUT2D eigenvalue weighted by molar-refractivity contribution is -0.140. The predicted molar refractivity (Wildman–Crippen MR) is 146 cm³/mol. The molecule has 1 aliphatic carbocycles. The van der Waals surface area contributed by atoms with Crippen molar-refractivity contribution in [1.29, 1.82) is 0 Å². The van der Waals surface area contributed by atoms with Crippen LogP contribution in [0.2, 0.25) is 0 Å². The van der Waals surface area contributed by atoms with Crippen molar-refractivity contribution >= 4 is 27.7 Å². The second-order valence-electron chi connectivity index (χ2n) is 10.9. The lowest BCUT2D eigenvalue weighted by atomic mass is 9.90. The molecule has 2 N–H and O–H groups in total. The third-order valence-corrected chi connectivity index (χ3v) is 9.97. The highest BCUT2D eigenvalue weighted by Crippen LogP contribution is 2.43. The molecule has 3 aromatic rings. The number of aromatic amines is 1. The van der Waals surface area contributed by atoms with Crippen LogP contribution in [-0.2, 0) is 31.5 Å². The van der Waals surface area contributed by atoms with Gasteiger partial charge in [-0.15, -0.1) is 0 Å². The van der Waals surface area contributed by atoms with E-state index >= 15 is 0 Å². The zero-order valence-electron chi connectivity index (χ0n) is 22.1. The molecule has 1 saturated heterocycles. The van der Waals surface area contributed by atoms with E-state index < -0.39 is 51.3 Å². The van der Waals surface area contributed by atoms with Crippen LogP contribution in [0.3, 0.4) is 0 Å². The fourth-order valence-corrected chi connectivity index (χ4v) is 7.66. The molecule has 0 bridgehead atoms. The van der Waals surface area contributed by atoms with E-state index in [0.29, 0.717) is 16.7 Å². The van der Waals surface area contributed by atoms with E-state index in [1.54, 1.807) is 29.2 Å². The van der Waals surface area contributed by atoms with Crippen LogP contribution in [0, 0.1) is 11.7 Å². The van der Waals surface area contributed by atoms with Crippen LogP contribution in [0.4, 0.5) is 9.18 Å². The molecule has 4 amide bonds. The van der Waals surface area contributed by atoms with Crippen molar-refractivity contribution in [3.05, 3.63) is 88.1 Å². The molecule has 2 unspecified atom stereocenters. The van der Waals surface area contributed by atoms with Crippen LogP contribution in [0.15, 0.2) is 70.5 Å². The van der Waals surface area contributed by atoms with Gasteiger partial charge in [-0.1, -0.05) is 24.3 Å². The largest absolute Gasteiger partial charge is 0.334 e. The number of nitrogens with zero attached hydrogens (tertiary/aromatic N) is 2. The topological polar surface area (TPSA) is 137 Å². The summed E-state index contributed by atoms with van der Waals surface area (Å²) in [6, 6.07) is 12.2. The highest BCUT2D eigenvalue weighted by atomic mass is 32.2. The molecule has 212 valence electrons. The number of pyridine rings is 1. The number of carbonyl (C=O) groups is 3. The average Bonchev–Trinajstić information content (AvgIpc) is 3.73. The Hall–Kier alpha value is -4.32. The van der Waals surface area contributed by atoms with Gasteiger partial charge in [-0.05, 0) is 66.6 Å². The normalized spacial score (nSPS) is 21.6. The van der Waals surface area contributed by atoms with Crippen molar-refractivity contribution in [2.45, 2.75) is 42.8 Å². The predicted octanol–water partition coefficient (Wildman–Crippen LogP) is 2.54. The Labute approximate surface area is 235 Å². The molecule has 6 rings (SSSR count). The van der Waals surface area contributed by atoms with Gasteiger partial charge < -0.3 is 15.2 Å². The number of sulfone groups is 1. The number of halogens is 1. The summed E-state index contributed by atoms with van der Waals surface area (Å²) < 4.78 is 40.0. The summed E-state index contributed by atoms with van der Waals surface area (Å²) in [5.41, 5.74) is -0.237. The Kier molecular flexibility index (Phi) is 6.33. The summed E-state index contributed by atoms with van der Waals surface area (Å²) in [5, 5.41) is 2.57. The summed E-state index contributed by atoms with van der Waals surface area (Å²) >= 11 is 0. The van der Waals surface area contributed by atoms with E-state index in [1.165, 1.54) is 36.5 Å². The molecular weight excluding hydrogens is 551 g/mol. The molecule has 2 aliphatic heterocycles. The third kappa shape index (κ3) is 4.71. The van der Waals surface area contributed by atoms with E-state index in [4.69, 9.17) is 0 Å². The van der Waals surface area contributed by atoms with Crippen LogP contribution in [0.1, 0.15) is 30.9 Å².